The molecule has 0 bridgehead atoms. The molecule has 0 aromatic heterocycles. The molecule has 2 aliphatic heterocycles. The molecule has 1 N–H and O–H groups in total. The zero-order chi connectivity index (χ0) is 21.7. The summed E-state index contributed by atoms with van der Waals surface area (Å²) in [4.78, 5) is 24.0. The zero-order valence-corrected chi connectivity index (χ0v) is 19.5. The van der Waals surface area contributed by atoms with Crippen LogP contribution in [0.2, 0.25) is 0 Å². The minimum atomic E-state index is 0.233. The summed E-state index contributed by atoms with van der Waals surface area (Å²) in [7, 11) is 0. The monoisotopic (exact) mass is 435 g/mol. The number of aliphatic imine (C=N–C) groups is 1. The number of carbonyl (C=O) groups excluding carboxylic acids is 1. The highest BCUT2D eigenvalue weighted by Crippen LogP contribution is 2.54. The summed E-state index contributed by atoms with van der Waals surface area (Å²) in [5, 5.41) is 3.84. The van der Waals surface area contributed by atoms with E-state index in [0.29, 0.717) is 37.3 Å². The number of morpholine rings is 1. The third kappa shape index (κ3) is 5.01. The van der Waals surface area contributed by atoms with Gasteiger partial charge in [0.25, 0.3) is 0 Å². The third-order valence-corrected chi connectivity index (χ3v) is 7.69. The van der Waals surface area contributed by atoms with Crippen LogP contribution in [0.25, 0.3) is 0 Å². The van der Waals surface area contributed by atoms with Crippen LogP contribution < -0.4 is 5.32 Å². The molecule has 2 saturated heterocycles. The van der Waals surface area contributed by atoms with Crippen molar-refractivity contribution in [2.24, 2.45) is 10.4 Å². The van der Waals surface area contributed by atoms with E-state index in [1.807, 2.05) is 4.90 Å². The van der Waals surface area contributed by atoms with Gasteiger partial charge in [0.15, 0.2) is 5.96 Å². The SMILES string of the molecule is CCN=C(NC1CC(OCC)C12CCCC2)N1CCN(CC(=O)N2CCOCC2)CC1. The molecule has 8 nitrogen and oxygen atoms in total. The molecule has 2 atom stereocenters. The van der Waals surface area contributed by atoms with Gasteiger partial charge in [0, 0.05) is 63.9 Å². The number of amides is 1. The van der Waals surface area contributed by atoms with Crippen LogP contribution in [0.4, 0.5) is 0 Å². The van der Waals surface area contributed by atoms with E-state index in [1.165, 1.54) is 25.7 Å². The number of hydrogen-bond acceptors (Lipinski definition) is 5. The average molecular weight is 436 g/mol. The average Bonchev–Trinajstić information content (AvgIpc) is 3.32. The van der Waals surface area contributed by atoms with Gasteiger partial charge in [-0.1, -0.05) is 12.8 Å². The predicted molar refractivity (Wildman–Crippen MR) is 121 cm³/mol. The van der Waals surface area contributed by atoms with E-state index < -0.39 is 0 Å². The standard InChI is InChI=1S/C23H41N5O3/c1-3-24-22(25-19-17-20(31-4-2)23(19)7-5-6-8-23)28-11-9-26(10-12-28)18-21(29)27-13-15-30-16-14-27/h19-20H,3-18H2,1-2H3,(H,24,25). The van der Waals surface area contributed by atoms with Gasteiger partial charge in [-0.15, -0.1) is 0 Å². The first-order valence-corrected chi connectivity index (χ1v) is 12.4. The smallest absolute Gasteiger partial charge is 0.236 e. The lowest BCUT2D eigenvalue weighted by atomic mass is 9.60. The Morgan fingerprint density at radius 1 is 1.06 bits per heavy atom. The summed E-state index contributed by atoms with van der Waals surface area (Å²) in [5.74, 6) is 1.28. The normalized spacial score (nSPS) is 29.3. The number of guanidine groups is 1. The molecule has 4 rings (SSSR count). The number of carbonyl (C=O) groups is 1. The molecule has 1 spiro atoms. The Balaban J connectivity index is 1.29. The highest BCUT2D eigenvalue weighted by Gasteiger charge is 2.57. The lowest BCUT2D eigenvalue weighted by Gasteiger charge is -2.55. The third-order valence-electron chi connectivity index (χ3n) is 7.69. The highest BCUT2D eigenvalue weighted by molar-refractivity contribution is 5.81. The van der Waals surface area contributed by atoms with Gasteiger partial charge in [-0.2, -0.15) is 0 Å². The van der Waals surface area contributed by atoms with Crippen LogP contribution in [0.1, 0.15) is 46.0 Å². The van der Waals surface area contributed by atoms with Crippen molar-refractivity contribution in [3.8, 4) is 0 Å². The number of nitrogens with one attached hydrogen (secondary N) is 1. The van der Waals surface area contributed by atoms with Gasteiger partial charge in [-0.05, 0) is 33.1 Å². The van der Waals surface area contributed by atoms with Crippen LogP contribution in [-0.2, 0) is 14.3 Å². The van der Waals surface area contributed by atoms with Gasteiger partial charge in [0.1, 0.15) is 0 Å². The highest BCUT2D eigenvalue weighted by atomic mass is 16.5. The van der Waals surface area contributed by atoms with Gasteiger partial charge in [-0.25, -0.2) is 0 Å². The van der Waals surface area contributed by atoms with Crippen LogP contribution in [-0.4, -0.2) is 111 Å². The summed E-state index contributed by atoms with van der Waals surface area (Å²) in [5.41, 5.74) is 0.302. The van der Waals surface area contributed by atoms with Crippen molar-refractivity contribution >= 4 is 11.9 Å². The molecule has 2 aliphatic carbocycles. The van der Waals surface area contributed by atoms with Crippen LogP contribution >= 0.6 is 0 Å². The van der Waals surface area contributed by atoms with E-state index in [1.54, 1.807) is 0 Å². The lowest BCUT2D eigenvalue weighted by molar-refractivity contribution is -0.136. The van der Waals surface area contributed by atoms with Gasteiger partial charge < -0.3 is 24.6 Å². The molecule has 0 aromatic rings. The fourth-order valence-corrected chi connectivity index (χ4v) is 5.85. The van der Waals surface area contributed by atoms with Crippen molar-refractivity contribution in [2.75, 3.05) is 72.2 Å². The first-order valence-electron chi connectivity index (χ1n) is 12.4. The summed E-state index contributed by atoms with van der Waals surface area (Å²) in [6, 6.07) is 0.470. The largest absolute Gasteiger partial charge is 0.378 e. The summed E-state index contributed by atoms with van der Waals surface area (Å²) >= 11 is 0. The van der Waals surface area contributed by atoms with Crippen LogP contribution in [0, 0.1) is 5.41 Å². The quantitative estimate of drug-likeness (QED) is 0.499. The molecular weight excluding hydrogens is 394 g/mol. The Morgan fingerprint density at radius 3 is 2.42 bits per heavy atom. The van der Waals surface area contributed by atoms with Crippen LogP contribution in [0.15, 0.2) is 4.99 Å². The Morgan fingerprint density at radius 2 is 1.77 bits per heavy atom. The van der Waals surface area contributed by atoms with Crippen molar-refractivity contribution in [1.29, 1.82) is 0 Å². The van der Waals surface area contributed by atoms with E-state index in [0.717, 1.165) is 64.8 Å². The first-order chi connectivity index (χ1) is 15.2. The minimum absolute atomic E-state index is 0.233. The van der Waals surface area contributed by atoms with Crippen molar-refractivity contribution < 1.29 is 14.3 Å². The zero-order valence-electron chi connectivity index (χ0n) is 19.5. The van der Waals surface area contributed by atoms with E-state index in [4.69, 9.17) is 14.5 Å². The predicted octanol–water partition coefficient (Wildman–Crippen LogP) is 1.17. The van der Waals surface area contributed by atoms with Gasteiger partial charge in [0.2, 0.25) is 5.91 Å². The second-order valence-corrected chi connectivity index (χ2v) is 9.37. The van der Waals surface area contributed by atoms with Crippen LogP contribution in [0.5, 0.6) is 0 Å². The Hall–Kier alpha value is -1.38. The molecule has 2 unspecified atom stereocenters. The molecule has 176 valence electrons. The Labute approximate surface area is 187 Å². The second-order valence-electron chi connectivity index (χ2n) is 9.37. The van der Waals surface area contributed by atoms with Crippen molar-refractivity contribution in [1.82, 2.24) is 20.0 Å². The number of ether oxygens (including phenoxy) is 2. The van der Waals surface area contributed by atoms with E-state index >= 15 is 0 Å². The Bertz CT molecular complexity index is 623. The number of hydrogen-bond donors (Lipinski definition) is 1. The molecule has 31 heavy (non-hydrogen) atoms. The van der Waals surface area contributed by atoms with Gasteiger partial charge in [-0.3, -0.25) is 14.7 Å². The molecule has 0 aromatic carbocycles. The summed E-state index contributed by atoms with van der Waals surface area (Å²) in [6.07, 6.45) is 6.67. The second kappa shape index (κ2) is 10.5. The molecule has 0 radical (unpaired) electrons. The van der Waals surface area contributed by atoms with Crippen molar-refractivity contribution in [3.63, 3.8) is 0 Å². The summed E-state index contributed by atoms with van der Waals surface area (Å²) < 4.78 is 11.5. The topological polar surface area (TPSA) is 69.6 Å². The summed E-state index contributed by atoms with van der Waals surface area (Å²) in [6.45, 7) is 12.7. The van der Waals surface area contributed by atoms with E-state index in [9.17, 15) is 4.79 Å². The molecule has 4 fully saturated rings. The van der Waals surface area contributed by atoms with Gasteiger partial charge in [0.05, 0.1) is 25.9 Å². The maximum absolute atomic E-state index is 12.6. The molecule has 1 amide bonds. The number of nitrogens with zero attached hydrogens (tertiary/aromatic N) is 4. The number of piperazine rings is 1. The first kappa shape index (κ1) is 22.8. The minimum Gasteiger partial charge on any atom is -0.378 e. The molecule has 2 heterocycles. The Kier molecular flexibility index (Phi) is 7.72. The maximum Gasteiger partial charge on any atom is 0.236 e. The fourth-order valence-electron chi connectivity index (χ4n) is 5.85. The molecule has 2 saturated carbocycles. The van der Waals surface area contributed by atoms with E-state index in [2.05, 4.69) is 29.0 Å². The van der Waals surface area contributed by atoms with Gasteiger partial charge >= 0.3 is 0 Å². The lowest BCUT2D eigenvalue weighted by Crippen LogP contribution is -2.66. The van der Waals surface area contributed by atoms with Crippen molar-refractivity contribution in [2.45, 2.75) is 58.1 Å². The van der Waals surface area contributed by atoms with Crippen molar-refractivity contribution in [3.05, 3.63) is 0 Å². The van der Waals surface area contributed by atoms with Crippen LogP contribution in [0.3, 0.4) is 0 Å². The molecule has 8 heteroatoms. The maximum atomic E-state index is 12.6. The molecular formula is C23H41N5O3. The molecule has 4 aliphatic rings. The fraction of sp³-hybridized carbons (Fsp3) is 0.913. The van der Waals surface area contributed by atoms with E-state index in [-0.39, 0.29) is 5.91 Å². The number of rotatable bonds is 6.